The molecule has 0 atom stereocenters. The highest BCUT2D eigenvalue weighted by molar-refractivity contribution is 6.06. The van der Waals surface area contributed by atoms with Gasteiger partial charge in [0.2, 0.25) is 0 Å². The van der Waals surface area contributed by atoms with Gasteiger partial charge in [0.05, 0.1) is 5.52 Å². The first-order chi connectivity index (χ1) is 9.90. The third-order valence-corrected chi connectivity index (χ3v) is 2.88. The van der Waals surface area contributed by atoms with E-state index < -0.39 is 11.8 Å². The van der Waals surface area contributed by atoms with Gasteiger partial charge in [0.1, 0.15) is 11.4 Å². The monoisotopic (exact) mass is 289 g/mol. The number of hydrogen-bond donors (Lipinski definition) is 4. The van der Waals surface area contributed by atoms with Crippen molar-refractivity contribution < 1.29 is 14.3 Å². The summed E-state index contributed by atoms with van der Waals surface area (Å²) in [6.45, 7) is -0.255. The van der Waals surface area contributed by atoms with Crippen LogP contribution in [0.2, 0.25) is 0 Å². The van der Waals surface area contributed by atoms with E-state index in [0.29, 0.717) is 11.3 Å². The van der Waals surface area contributed by atoms with Gasteiger partial charge in [-0.1, -0.05) is 12.1 Å². The number of ether oxygens (including phenoxy) is 1. The standard InChI is InChI=1S/C13H15N5O3/c1-18(13(15)16)12(20)8-5-7-3-2-4-9(11(7)17-8)21-6-10(14)19/h2-5,17H,6H2,1H3,(H2,14,19)(H3,15,16). The molecule has 0 bridgehead atoms. The maximum atomic E-state index is 12.1. The van der Waals surface area contributed by atoms with Crippen molar-refractivity contribution in [2.75, 3.05) is 13.7 Å². The number of benzene rings is 1. The molecule has 0 aliphatic carbocycles. The third-order valence-electron chi connectivity index (χ3n) is 2.88. The Bertz CT molecular complexity index is 722. The number of H-pyrrole nitrogens is 1. The highest BCUT2D eigenvalue weighted by atomic mass is 16.5. The number of aromatic nitrogens is 1. The molecule has 21 heavy (non-hydrogen) atoms. The molecule has 0 spiro atoms. The number of fused-ring (bicyclic) bond motifs is 1. The molecule has 1 aromatic carbocycles. The number of hydrogen-bond acceptors (Lipinski definition) is 4. The van der Waals surface area contributed by atoms with E-state index >= 15 is 0 Å². The fourth-order valence-corrected chi connectivity index (χ4v) is 1.80. The van der Waals surface area contributed by atoms with Gasteiger partial charge >= 0.3 is 0 Å². The van der Waals surface area contributed by atoms with Crippen LogP contribution >= 0.6 is 0 Å². The van der Waals surface area contributed by atoms with Gasteiger partial charge in [-0.3, -0.25) is 19.9 Å². The second-order valence-electron chi connectivity index (χ2n) is 4.41. The topological polar surface area (TPSA) is 138 Å². The largest absolute Gasteiger partial charge is 0.482 e. The lowest BCUT2D eigenvalue weighted by Gasteiger charge is -2.12. The molecule has 0 fully saturated rings. The maximum Gasteiger partial charge on any atom is 0.276 e. The average molecular weight is 289 g/mol. The van der Waals surface area contributed by atoms with Crippen LogP contribution < -0.4 is 16.2 Å². The Morgan fingerprint density at radius 1 is 1.38 bits per heavy atom. The molecule has 0 aliphatic heterocycles. The summed E-state index contributed by atoms with van der Waals surface area (Å²) in [7, 11) is 1.40. The van der Waals surface area contributed by atoms with Crippen molar-refractivity contribution in [3.8, 4) is 5.75 Å². The second-order valence-corrected chi connectivity index (χ2v) is 4.41. The predicted octanol–water partition coefficient (Wildman–Crippen LogP) is -0.00253. The first-order valence-electron chi connectivity index (χ1n) is 6.05. The second kappa shape index (κ2) is 5.53. The van der Waals surface area contributed by atoms with Crippen molar-refractivity contribution in [1.29, 1.82) is 5.41 Å². The SMILES string of the molecule is CN(C(=N)N)C(=O)c1cc2cccc(OCC(N)=O)c2[nH]1. The molecular weight excluding hydrogens is 274 g/mol. The van der Waals surface area contributed by atoms with Crippen LogP contribution in [-0.4, -0.2) is 41.3 Å². The van der Waals surface area contributed by atoms with Gasteiger partial charge in [-0.25, -0.2) is 0 Å². The molecular formula is C13H15N5O3. The van der Waals surface area contributed by atoms with Crippen LogP contribution in [0.1, 0.15) is 10.5 Å². The lowest BCUT2D eigenvalue weighted by atomic mass is 10.2. The van der Waals surface area contributed by atoms with Gasteiger partial charge in [0.15, 0.2) is 12.6 Å². The molecule has 110 valence electrons. The molecule has 0 saturated carbocycles. The summed E-state index contributed by atoms with van der Waals surface area (Å²) in [6, 6.07) is 6.79. The van der Waals surface area contributed by atoms with Gasteiger partial charge < -0.3 is 21.2 Å². The van der Waals surface area contributed by atoms with Crippen LogP contribution in [0.3, 0.4) is 0 Å². The van der Waals surface area contributed by atoms with E-state index in [1.54, 1.807) is 24.3 Å². The Morgan fingerprint density at radius 2 is 2.10 bits per heavy atom. The summed E-state index contributed by atoms with van der Waals surface area (Å²) in [5, 5.41) is 8.00. The minimum absolute atomic E-state index is 0.255. The molecule has 2 rings (SSSR count). The van der Waals surface area contributed by atoms with Crippen molar-refractivity contribution in [2.45, 2.75) is 0 Å². The summed E-state index contributed by atoms with van der Waals surface area (Å²) < 4.78 is 5.28. The Kier molecular flexibility index (Phi) is 3.79. The fraction of sp³-hybridized carbons (Fsp3) is 0.154. The summed E-state index contributed by atoms with van der Waals surface area (Å²) >= 11 is 0. The molecule has 0 unspecified atom stereocenters. The Labute approximate surface area is 120 Å². The highest BCUT2D eigenvalue weighted by Gasteiger charge is 2.17. The number of carbonyl (C=O) groups excluding carboxylic acids is 2. The zero-order chi connectivity index (χ0) is 15.6. The number of rotatable bonds is 4. The van der Waals surface area contributed by atoms with E-state index in [0.717, 1.165) is 10.3 Å². The molecule has 0 aliphatic rings. The van der Waals surface area contributed by atoms with Crippen molar-refractivity contribution in [2.24, 2.45) is 11.5 Å². The summed E-state index contributed by atoms with van der Waals surface area (Å²) in [5.74, 6) is -0.981. The third kappa shape index (κ3) is 2.94. The van der Waals surface area contributed by atoms with Gasteiger partial charge in [0, 0.05) is 12.4 Å². The summed E-state index contributed by atoms with van der Waals surface area (Å²) in [5.41, 5.74) is 11.1. The molecule has 6 N–H and O–H groups in total. The molecule has 8 heteroatoms. The Morgan fingerprint density at radius 3 is 2.71 bits per heavy atom. The summed E-state index contributed by atoms with van der Waals surface area (Å²) in [6.07, 6.45) is 0. The minimum Gasteiger partial charge on any atom is -0.482 e. The average Bonchev–Trinajstić information content (AvgIpc) is 2.87. The number of aromatic amines is 1. The lowest BCUT2D eigenvalue weighted by molar-refractivity contribution is -0.119. The van der Waals surface area contributed by atoms with Gasteiger partial charge in [-0.05, 0) is 12.1 Å². The Balaban J connectivity index is 2.37. The van der Waals surface area contributed by atoms with Gasteiger partial charge in [0.25, 0.3) is 11.8 Å². The first-order valence-corrected chi connectivity index (χ1v) is 6.05. The van der Waals surface area contributed by atoms with Crippen molar-refractivity contribution in [3.63, 3.8) is 0 Å². The Hall–Kier alpha value is -3.03. The van der Waals surface area contributed by atoms with Crippen molar-refractivity contribution >= 4 is 28.7 Å². The van der Waals surface area contributed by atoms with Crippen LogP contribution in [0.4, 0.5) is 0 Å². The zero-order valence-electron chi connectivity index (χ0n) is 11.3. The van der Waals surface area contributed by atoms with Crippen LogP contribution in [0, 0.1) is 5.41 Å². The number of amides is 2. The van der Waals surface area contributed by atoms with E-state index in [-0.39, 0.29) is 18.3 Å². The normalized spacial score (nSPS) is 10.3. The van der Waals surface area contributed by atoms with E-state index in [1.165, 1.54) is 7.05 Å². The number of nitrogens with one attached hydrogen (secondary N) is 2. The van der Waals surface area contributed by atoms with E-state index in [9.17, 15) is 9.59 Å². The summed E-state index contributed by atoms with van der Waals surface area (Å²) in [4.78, 5) is 26.8. The predicted molar refractivity (Wildman–Crippen MR) is 77.0 cm³/mol. The quantitative estimate of drug-likeness (QED) is 0.464. The lowest BCUT2D eigenvalue weighted by Crippen LogP contribution is -2.38. The van der Waals surface area contributed by atoms with Crippen molar-refractivity contribution in [3.05, 3.63) is 30.0 Å². The maximum absolute atomic E-state index is 12.1. The van der Waals surface area contributed by atoms with E-state index in [1.807, 2.05) is 0 Å². The number of para-hydroxylation sites is 1. The zero-order valence-corrected chi connectivity index (χ0v) is 11.3. The van der Waals surface area contributed by atoms with Crippen LogP contribution in [-0.2, 0) is 4.79 Å². The highest BCUT2D eigenvalue weighted by Crippen LogP contribution is 2.26. The number of carbonyl (C=O) groups is 2. The van der Waals surface area contributed by atoms with E-state index in [4.69, 9.17) is 21.6 Å². The fourth-order valence-electron chi connectivity index (χ4n) is 1.80. The van der Waals surface area contributed by atoms with Crippen LogP contribution in [0.15, 0.2) is 24.3 Å². The molecule has 0 saturated heterocycles. The molecule has 1 heterocycles. The van der Waals surface area contributed by atoms with Crippen molar-refractivity contribution in [1.82, 2.24) is 9.88 Å². The molecule has 2 aromatic rings. The molecule has 2 amide bonds. The van der Waals surface area contributed by atoms with E-state index in [2.05, 4.69) is 4.98 Å². The minimum atomic E-state index is -0.592. The van der Waals surface area contributed by atoms with Crippen LogP contribution in [0.5, 0.6) is 5.75 Å². The smallest absolute Gasteiger partial charge is 0.276 e. The first kappa shape index (κ1) is 14.4. The molecule has 0 radical (unpaired) electrons. The van der Waals surface area contributed by atoms with Crippen LogP contribution in [0.25, 0.3) is 10.9 Å². The number of nitrogens with zero attached hydrogens (tertiary/aromatic N) is 1. The number of primary amides is 1. The van der Waals surface area contributed by atoms with Gasteiger partial charge in [-0.15, -0.1) is 0 Å². The molecule has 1 aromatic heterocycles. The number of nitrogens with two attached hydrogens (primary N) is 2. The molecule has 8 nitrogen and oxygen atoms in total. The number of guanidine groups is 1. The van der Waals surface area contributed by atoms with Gasteiger partial charge in [-0.2, -0.15) is 0 Å².